The van der Waals surface area contributed by atoms with Crippen molar-refractivity contribution in [2.45, 2.75) is 25.6 Å². The van der Waals surface area contributed by atoms with Crippen LogP contribution in [-0.2, 0) is 0 Å². The van der Waals surface area contributed by atoms with Crippen molar-refractivity contribution in [3.05, 3.63) is 59.9 Å². The van der Waals surface area contributed by atoms with Crippen molar-refractivity contribution in [3.63, 3.8) is 0 Å². The average molecular weight is 569 g/mol. The summed E-state index contributed by atoms with van der Waals surface area (Å²) in [6.07, 6.45) is -10.5. The van der Waals surface area contributed by atoms with E-state index >= 15 is 0 Å². The van der Waals surface area contributed by atoms with Gasteiger partial charge in [-0.2, -0.15) is 22.0 Å². The van der Waals surface area contributed by atoms with Crippen molar-refractivity contribution >= 4 is 11.6 Å². The molecule has 8 nitrogen and oxygen atoms in total. The molecule has 4 rings (SSSR count). The molecule has 1 amide bonds. The summed E-state index contributed by atoms with van der Waals surface area (Å²) in [4.78, 5) is 16.9. The van der Waals surface area contributed by atoms with Crippen LogP contribution in [0, 0.1) is 6.92 Å². The average Bonchev–Trinajstić information content (AvgIpc) is 3.32. The zero-order valence-corrected chi connectivity index (χ0v) is 21.9. The van der Waals surface area contributed by atoms with Gasteiger partial charge in [-0.15, -0.1) is 0 Å². The summed E-state index contributed by atoms with van der Waals surface area (Å²) in [5.74, 6) is -0.125. The summed E-state index contributed by atoms with van der Waals surface area (Å²) in [5, 5.41) is 6.95. The molecular weight excluding hydrogens is 539 g/mol. The molecule has 0 saturated carbocycles. The maximum atomic E-state index is 13.4. The number of benzene rings is 2. The predicted octanol–water partition coefficient (Wildman–Crippen LogP) is 5.13. The molecule has 0 radical (unpaired) electrons. The highest BCUT2D eigenvalue weighted by Gasteiger charge is 2.61. The molecule has 3 aromatic rings. The van der Waals surface area contributed by atoms with Gasteiger partial charge in [0.25, 0.3) is 5.91 Å². The topological polar surface area (TPSA) is 80.1 Å². The first-order valence-corrected chi connectivity index (χ1v) is 12.6. The van der Waals surface area contributed by atoms with Crippen molar-refractivity contribution in [3.8, 4) is 22.8 Å². The second kappa shape index (κ2) is 12.1. The molecule has 1 aromatic heterocycles. The van der Waals surface area contributed by atoms with Gasteiger partial charge in [0, 0.05) is 44.4 Å². The van der Waals surface area contributed by atoms with E-state index in [1.807, 2.05) is 35.2 Å². The molecule has 13 heteroatoms. The zero-order chi connectivity index (χ0) is 28.9. The minimum atomic E-state index is -5.84. The number of anilines is 1. The second-order valence-electron chi connectivity index (χ2n) is 9.22. The molecule has 2 heterocycles. The van der Waals surface area contributed by atoms with Crippen LogP contribution < -0.4 is 19.7 Å². The van der Waals surface area contributed by atoms with E-state index in [1.165, 1.54) is 13.2 Å². The van der Waals surface area contributed by atoms with E-state index in [-0.39, 0.29) is 5.91 Å². The number of alkyl halides is 5. The van der Waals surface area contributed by atoms with Gasteiger partial charge in [-0.05, 0) is 32.0 Å². The molecule has 1 aliphatic heterocycles. The zero-order valence-electron chi connectivity index (χ0n) is 21.9. The molecule has 1 aliphatic rings. The number of ether oxygens (including phenoxy) is 2. The first-order valence-electron chi connectivity index (χ1n) is 12.6. The number of aromatic nitrogens is 1. The lowest BCUT2D eigenvalue weighted by Crippen LogP contribution is -2.47. The predicted molar refractivity (Wildman–Crippen MR) is 137 cm³/mol. The fraction of sp³-hybridized carbons (Fsp3) is 0.407. The van der Waals surface area contributed by atoms with E-state index in [9.17, 15) is 26.7 Å². The number of aryl methyl sites for hydroxylation is 1. The Kier molecular flexibility index (Phi) is 8.82. The molecule has 0 aliphatic carbocycles. The van der Waals surface area contributed by atoms with Crippen LogP contribution in [0.15, 0.2) is 53.1 Å². The number of halogens is 5. The van der Waals surface area contributed by atoms with E-state index in [1.54, 1.807) is 6.92 Å². The van der Waals surface area contributed by atoms with Gasteiger partial charge in [0.1, 0.15) is 28.5 Å². The third-order valence-electron chi connectivity index (χ3n) is 6.51. The highest BCUT2D eigenvalue weighted by atomic mass is 19.4. The summed E-state index contributed by atoms with van der Waals surface area (Å²) in [6.45, 7) is 5.02. The Morgan fingerprint density at radius 1 is 1.05 bits per heavy atom. The molecule has 216 valence electrons. The van der Waals surface area contributed by atoms with Crippen LogP contribution in [0.1, 0.15) is 22.5 Å². The van der Waals surface area contributed by atoms with E-state index in [2.05, 4.69) is 20.1 Å². The van der Waals surface area contributed by atoms with Crippen molar-refractivity contribution in [2.75, 3.05) is 51.3 Å². The Hall–Kier alpha value is -3.87. The maximum Gasteiger partial charge on any atom is 0.499 e. The minimum absolute atomic E-state index is 0.271. The monoisotopic (exact) mass is 568 g/mol. The standard InChI is InChI=1S/C27H29F5N4O4/c1-18-23(24(34-40-18)19-7-4-3-5-8-19)25(37)33-11-6-12-35-13-15-36(16-14-35)21-17-20(9-10-22(21)38-2)39-27(31,32)26(28,29)30/h3-5,7-10,17H,6,11-16H2,1-2H3,(H,33,37). The number of methoxy groups -OCH3 is 1. The van der Waals surface area contributed by atoms with Crippen LogP contribution in [-0.4, -0.2) is 74.6 Å². The number of hydrogen-bond acceptors (Lipinski definition) is 7. The Morgan fingerprint density at radius 2 is 1.75 bits per heavy atom. The molecule has 1 fully saturated rings. The van der Waals surface area contributed by atoms with E-state index in [0.717, 1.165) is 17.7 Å². The molecule has 40 heavy (non-hydrogen) atoms. The fourth-order valence-electron chi connectivity index (χ4n) is 4.42. The number of amides is 1. The van der Waals surface area contributed by atoms with Crippen LogP contribution in [0.3, 0.4) is 0 Å². The maximum absolute atomic E-state index is 13.4. The van der Waals surface area contributed by atoms with Crippen LogP contribution >= 0.6 is 0 Å². The van der Waals surface area contributed by atoms with Crippen LogP contribution in [0.2, 0.25) is 0 Å². The summed E-state index contributed by atoms with van der Waals surface area (Å²) >= 11 is 0. The van der Waals surface area contributed by atoms with Gasteiger partial charge in [0.2, 0.25) is 0 Å². The molecule has 0 spiro atoms. The van der Waals surface area contributed by atoms with Crippen molar-refractivity contribution < 1.29 is 40.7 Å². The Balaban J connectivity index is 1.28. The number of hydrogen-bond donors (Lipinski definition) is 1. The molecule has 0 unspecified atom stereocenters. The Morgan fingerprint density at radius 3 is 2.40 bits per heavy atom. The number of piperazine rings is 1. The molecule has 0 bridgehead atoms. The highest BCUT2D eigenvalue weighted by molar-refractivity contribution is 6.00. The van der Waals surface area contributed by atoms with Gasteiger partial charge in [0.15, 0.2) is 0 Å². The minimum Gasteiger partial charge on any atom is -0.495 e. The van der Waals surface area contributed by atoms with Gasteiger partial charge in [-0.3, -0.25) is 9.69 Å². The summed E-state index contributed by atoms with van der Waals surface area (Å²) < 4.78 is 79.0. The molecule has 0 atom stereocenters. The van der Waals surface area contributed by atoms with Crippen LogP contribution in [0.5, 0.6) is 11.5 Å². The second-order valence-corrected chi connectivity index (χ2v) is 9.22. The van der Waals surface area contributed by atoms with Crippen molar-refractivity contribution in [2.24, 2.45) is 0 Å². The number of carbonyl (C=O) groups excluding carboxylic acids is 1. The number of nitrogens with one attached hydrogen (secondary N) is 1. The number of rotatable bonds is 10. The van der Waals surface area contributed by atoms with E-state index in [0.29, 0.717) is 74.1 Å². The third-order valence-corrected chi connectivity index (χ3v) is 6.51. The SMILES string of the molecule is COc1ccc(OC(F)(F)C(F)(F)F)cc1N1CCN(CCCNC(=O)c2c(-c3ccccc3)noc2C)CC1. The van der Waals surface area contributed by atoms with Crippen molar-refractivity contribution in [1.29, 1.82) is 0 Å². The summed E-state index contributed by atoms with van der Waals surface area (Å²) in [5.41, 5.74) is 2.03. The van der Waals surface area contributed by atoms with Gasteiger partial charge in [0.05, 0.1) is 12.8 Å². The third kappa shape index (κ3) is 6.64. The molecule has 1 N–H and O–H groups in total. The van der Waals surface area contributed by atoms with E-state index in [4.69, 9.17) is 9.26 Å². The number of carbonyl (C=O) groups is 1. The van der Waals surface area contributed by atoms with Gasteiger partial charge < -0.3 is 24.2 Å². The lowest BCUT2D eigenvalue weighted by atomic mass is 10.1. The largest absolute Gasteiger partial charge is 0.499 e. The van der Waals surface area contributed by atoms with Crippen LogP contribution in [0.4, 0.5) is 27.6 Å². The smallest absolute Gasteiger partial charge is 0.495 e. The Labute approximate surface area is 227 Å². The Bertz CT molecular complexity index is 1290. The molecular formula is C27H29F5N4O4. The molecule has 2 aromatic carbocycles. The highest BCUT2D eigenvalue weighted by Crippen LogP contribution is 2.40. The summed E-state index contributed by atoms with van der Waals surface area (Å²) in [7, 11) is 1.39. The first kappa shape index (κ1) is 29.1. The lowest BCUT2D eigenvalue weighted by Gasteiger charge is -2.36. The van der Waals surface area contributed by atoms with Crippen LogP contribution in [0.25, 0.3) is 11.3 Å². The van der Waals surface area contributed by atoms with Crippen molar-refractivity contribution in [1.82, 2.24) is 15.4 Å². The van der Waals surface area contributed by atoms with Gasteiger partial charge in [-0.25, -0.2) is 0 Å². The summed E-state index contributed by atoms with van der Waals surface area (Å²) in [6, 6.07) is 12.7. The van der Waals surface area contributed by atoms with Gasteiger partial charge in [-0.1, -0.05) is 35.5 Å². The number of nitrogens with zero attached hydrogens (tertiary/aromatic N) is 3. The molecule has 1 saturated heterocycles. The fourth-order valence-corrected chi connectivity index (χ4v) is 4.42. The quantitative estimate of drug-likeness (QED) is 0.268. The van der Waals surface area contributed by atoms with E-state index < -0.39 is 18.0 Å². The van der Waals surface area contributed by atoms with Gasteiger partial charge >= 0.3 is 12.3 Å². The first-order chi connectivity index (χ1) is 19.0. The lowest BCUT2D eigenvalue weighted by molar-refractivity contribution is -0.360. The normalized spacial score (nSPS) is 14.7.